The largest absolute Gasteiger partial charge is 0.431 e. The fraction of sp³-hybridized carbons (Fsp3) is 0.286. The molecule has 20 heavy (non-hydrogen) atoms. The molecule has 2 N–H and O–H groups in total. The van der Waals surface area contributed by atoms with Crippen LogP contribution in [-0.2, 0) is 6.54 Å². The Hall–Kier alpha value is -2.37. The van der Waals surface area contributed by atoms with Gasteiger partial charge >= 0.3 is 5.56 Å². The van der Waals surface area contributed by atoms with Crippen molar-refractivity contribution in [3.8, 4) is 11.6 Å². The number of hydrogen-bond donors (Lipinski definition) is 1. The highest BCUT2D eigenvalue weighted by atomic mass is 19.1. The minimum absolute atomic E-state index is 0.0597. The van der Waals surface area contributed by atoms with Crippen LogP contribution in [0.5, 0.6) is 11.6 Å². The zero-order valence-corrected chi connectivity index (χ0v) is 11.4. The highest BCUT2D eigenvalue weighted by molar-refractivity contribution is 5.50. The maximum Gasteiger partial charge on any atom is 0.313 e. The maximum absolute atomic E-state index is 13.8. The average Bonchev–Trinajstić information content (AvgIpc) is 2.40. The van der Waals surface area contributed by atoms with E-state index in [4.69, 9.17) is 10.5 Å². The fourth-order valence-electron chi connectivity index (χ4n) is 1.77. The summed E-state index contributed by atoms with van der Waals surface area (Å²) in [7, 11) is 0. The van der Waals surface area contributed by atoms with Crippen molar-refractivity contribution in [3.63, 3.8) is 0 Å². The van der Waals surface area contributed by atoms with Crippen LogP contribution in [0, 0.1) is 12.7 Å². The average molecular weight is 277 g/mol. The van der Waals surface area contributed by atoms with Crippen LogP contribution in [0.2, 0.25) is 0 Å². The van der Waals surface area contributed by atoms with E-state index in [9.17, 15) is 9.18 Å². The third-order valence-corrected chi connectivity index (χ3v) is 2.87. The lowest BCUT2D eigenvalue weighted by atomic mass is 10.2. The Balaban J connectivity index is 2.38. The molecule has 0 aliphatic rings. The topological polar surface area (TPSA) is 70.1 Å². The monoisotopic (exact) mass is 277 g/mol. The number of anilines is 1. The van der Waals surface area contributed by atoms with Gasteiger partial charge in [-0.15, -0.1) is 0 Å². The van der Waals surface area contributed by atoms with Gasteiger partial charge in [-0.2, -0.15) is 0 Å². The van der Waals surface area contributed by atoms with Crippen LogP contribution in [0.4, 0.5) is 10.1 Å². The van der Waals surface area contributed by atoms with Gasteiger partial charge in [-0.25, -0.2) is 9.37 Å². The molecule has 5 nitrogen and oxygen atoms in total. The van der Waals surface area contributed by atoms with Crippen molar-refractivity contribution in [3.05, 3.63) is 46.3 Å². The number of benzene rings is 1. The third-order valence-electron chi connectivity index (χ3n) is 2.87. The number of aryl methyl sites for hydroxylation is 2. The molecule has 0 radical (unpaired) electrons. The molecule has 2 aromatic rings. The van der Waals surface area contributed by atoms with Crippen molar-refractivity contribution in [2.75, 3.05) is 5.73 Å². The van der Waals surface area contributed by atoms with Gasteiger partial charge in [-0.3, -0.25) is 4.79 Å². The van der Waals surface area contributed by atoms with Crippen LogP contribution in [0.15, 0.2) is 29.3 Å². The highest BCUT2D eigenvalue weighted by Gasteiger charge is 2.12. The van der Waals surface area contributed by atoms with Crippen LogP contribution in [0.3, 0.4) is 0 Å². The first kappa shape index (κ1) is 14.0. The lowest BCUT2D eigenvalue weighted by Gasteiger charge is -2.09. The van der Waals surface area contributed by atoms with Crippen LogP contribution in [0.25, 0.3) is 0 Å². The van der Waals surface area contributed by atoms with E-state index in [-0.39, 0.29) is 17.2 Å². The quantitative estimate of drug-likeness (QED) is 0.871. The molecule has 0 saturated carbocycles. The summed E-state index contributed by atoms with van der Waals surface area (Å²) in [6.07, 6.45) is 3.83. The molecule has 106 valence electrons. The van der Waals surface area contributed by atoms with Crippen LogP contribution < -0.4 is 16.0 Å². The van der Waals surface area contributed by atoms with Gasteiger partial charge in [0.1, 0.15) is 0 Å². The summed E-state index contributed by atoms with van der Waals surface area (Å²) in [4.78, 5) is 15.9. The molecule has 1 heterocycles. The Morgan fingerprint density at radius 2 is 2.20 bits per heavy atom. The summed E-state index contributed by atoms with van der Waals surface area (Å²) in [6.45, 7) is 4.24. The van der Waals surface area contributed by atoms with Gasteiger partial charge < -0.3 is 15.0 Å². The number of aromatic nitrogens is 2. The molecule has 0 amide bonds. The van der Waals surface area contributed by atoms with E-state index >= 15 is 0 Å². The lowest BCUT2D eigenvalue weighted by Crippen LogP contribution is -2.21. The molecule has 2 rings (SSSR count). The van der Waals surface area contributed by atoms with E-state index in [2.05, 4.69) is 4.98 Å². The predicted molar refractivity (Wildman–Crippen MR) is 74.4 cm³/mol. The fourth-order valence-corrected chi connectivity index (χ4v) is 1.77. The van der Waals surface area contributed by atoms with Gasteiger partial charge in [0.05, 0.1) is 0 Å². The molecule has 0 aliphatic carbocycles. The Kier molecular flexibility index (Phi) is 4.02. The number of nitrogens with two attached hydrogens (primary N) is 1. The van der Waals surface area contributed by atoms with E-state index in [1.54, 1.807) is 13.1 Å². The first-order chi connectivity index (χ1) is 9.52. The van der Waals surface area contributed by atoms with Gasteiger partial charge in [-0.1, -0.05) is 6.92 Å². The molecular weight excluding hydrogens is 261 g/mol. The van der Waals surface area contributed by atoms with E-state index in [0.29, 0.717) is 17.8 Å². The van der Waals surface area contributed by atoms with E-state index in [1.165, 1.54) is 16.8 Å². The second-order valence-electron chi connectivity index (χ2n) is 4.47. The molecule has 0 unspecified atom stereocenters. The van der Waals surface area contributed by atoms with Crippen LogP contribution in [-0.4, -0.2) is 9.55 Å². The predicted octanol–water partition coefficient (Wildman–Crippen LogP) is 2.48. The van der Waals surface area contributed by atoms with E-state index in [0.717, 1.165) is 12.5 Å². The number of rotatable bonds is 4. The van der Waals surface area contributed by atoms with Gasteiger partial charge in [0.15, 0.2) is 11.6 Å². The van der Waals surface area contributed by atoms with Crippen LogP contribution in [0.1, 0.15) is 18.9 Å². The van der Waals surface area contributed by atoms with Crippen molar-refractivity contribution in [2.45, 2.75) is 26.8 Å². The summed E-state index contributed by atoms with van der Waals surface area (Å²) < 4.78 is 20.5. The van der Waals surface area contributed by atoms with E-state index < -0.39 is 5.82 Å². The van der Waals surface area contributed by atoms with Crippen LogP contribution >= 0.6 is 0 Å². The van der Waals surface area contributed by atoms with Crippen molar-refractivity contribution >= 4 is 5.69 Å². The summed E-state index contributed by atoms with van der Waals surface area (Å²) in [5.74, 6) is -0.834. The molecule has 0 aliphatic heterocycles. The second-order valence-corrected chi connectivity index (χ2v) is 4.47. The minimum atomic E-state index is -0.625. The van der Waals surface area contributed by atoms with Crippen molar-refractivity contribution < 1.29 is 9.13 Å². The lowest BCUT2D eigenvalue weighted by molar-refractivity contribution is 0.413. The number of nitrogen functional groups attached to an aromatic ring is 1. The zero-order valence-electron chi connectivity index (χ0n) is 11.4. The molecule has 0 spiro atoms. The van der Waals surface area contributed by atoms with Crippen molar-refractivity contribution in [1.29, 1.82) is 0 Å². The number of halogens is 1. The highest BCUT2D eigenvalue weighted by Crippen LogP contribution is 2.26. The molecule has 0 saturated heterocycles. The molecule has 1 aromatic carbocycles. The Labute approximate surface area is 115 Å². The SMILES string of the molecule is CCCn1ccnc(Oc2cc(C)c(N)cc2F)c1=O. The molecule has 0 bridgehead atoms. The van der Waals surface area contributed by atoms with Gasteiger partial charge in [0.2, 0.25) is 0 Å². The number of ether oxygens (including phenoxy) is 1. The van der Waals surface area contributed by atoms with E-state index in [1.807, 2.05) is 6.92 Å². The second kappa shape index (κ2) is 5.73. The Morgan fingerprint density at radius 3 is 2.90 bits per heavy atom. The van der Waals surface area contributed by atoms with Crippen molar-refractivity contribution in [2.24, 2.45) is 0 Å². The molecule has 0 fully saturated rings. The van der Waals surface area contributed by atoms with Crippen molar-refractivity contribution in [1.82, 2.24) is 9.55 Å². The molecule has 1 aromatic heterocycles. The molecule has 6 heteroatoms. The maximum atomic E-state index is 13.8. The molecular formula is C14H16FN3O2. The first-order valence-corrected chi connectivity index (χ1v) is 6.32. The third kappa shape index (κ3) is 2.79. The summed E-state index contributed by atoms with van der Waals surface area (Å²) in [6, 6.07) is 2.61. The summed E-state index contributed by atoms with van der Waals surface area (Å²) in [5.41, 5.74) is 6.22. The Morgan fingerprint density at radius 1 is 1.45 bits per heavy atom. The normalized spacial score (nSPS) is 10.6. The standard InChI is InChI=1S/C14H16FN3O2/c1-3-5-18-6-4-17-13(14(18)19)20-12-7-9(2)11(16)8-10(12)15/h4,6-8H,3,5,16H2,1-2H3. The molecule has 0 atom stereocenters. The van der Waals surface area contributed by atoms with Gasteiger partial charge in [0.25, 0.3) is 5.88 Å². The zero-order chi connectivity index (χ0) is 14.7. The van der Waals surface area contributed by atoms with Gasteiger partial charge in [-0.05, 0) is 25.0 Å². The number of hydrogen-bond acceptors (Lipinski definition) is 4. The first-order valence-electron chi connectivity index (χ1n) is 6.32. The van der Waals surface area contributed by atoms with Gasteiger partial charge in [0, 0.05) is 30.7 Å². The summed E-state index contributed by atoms with van der Waals surface area (Å²) >= 11 is 0. The smallest absolute Gasteiger partial charge is 0.313 e. The summed E-state index contributed by atoms with van der Waals surface area (Å²) in [5, 5.41) is 0. The minimum Gasteiger partial charge on any atom is -0.431 e. The number of nitrogens with zero attached hydrogens (tertiary/aromatic N) is 2. The Bertz CT molecular complexity index is 683.